The Bertz CT molecular complexity index is 347. The van der Waals surface area contributed by atoms with Crippen LogP contribution in [0.4, 0.5) is 0 Å². The van der Waals surface area contributed by atoms with E-state index in [1.54, 1.807) is 0 Å². The lowest BCUT2D eigenvalue weighted by atomic mass is 9.89. The van der Waals surface area contributed by atoms with Crippen LogP contribution in [0, 0.1) is 0 Å². The van der Waals surface area contributed by atoms with Crippen molar-refractivity contribution in [3.05, 3.63) is 29.3 Å². The largest absolute Gasteiger partial charge is 0.494 e. The molecule has 1 N–H and O–H groups in total. The van der Waals surface area contributed by atoms with Gasteiger partial charge in [0, 0.05) is 0 Å². The van der Waals surface area contributed by atoms with Crippen molar-refractivity contribution >= 4 is 0 Å². The molecule has 0 aliphatic heterocycles. The van der Waals surface area contributed by atoms with Crippen molar-refractivity contribution in [2.75, 3.05) is 6.61 Å². The molecule has 0 saturated carbocycles. The summed E-state index contributed by atoms with van der Waals surface area (Å²) in [6.07, 6.45) is 4.99. The average Bonchev–Trinajstić information content (AvgIpc) is 2.30. The molecule has 88 valence electrons. The second kappa shape index (κ2) is 5.35. The molecule has 1 aromatic carbocycles. The predicted molar refractivity (Wildman–Crippen MR) is 64.7 cm³/mol. The van der Waals surface area contributed by atoms with Gasteiger partial charge in [0.2, 0.25) is 0 Å². The van der Waals surface area contributed by atoms with Crippen molar-refractivity contribution in [3.63, 3.8) is 0 Å². The highest BCUT2D eigenvalue weighted by Gasteiger charge is 2.18. The lowest BCUT2D eigenvalue weighted by Gasteiger charge is -2.21. The topological polar surface area (TPSA) is 29.5 Å². The van der Waals surface area contributed by atoms with E-state index in [9.17, 15) is 5.11 Å². The molecular formula is C14H20O2. The van der Waals surface area contributed by atoms with Crippen LogP contribution in [0.25, 0.3) is 0 Å². The maximum absolute atomic E-state index is 9.90. The van der Waals surface area contributed by atoms with Gasteiger partial charge in [-0.3, -0.25) is 0 Å². The molecule has 0 spiro atoms. The molecule has 1 atom stereocenters. The maximum atomic E-state index is 9.90. The van der Waals surface area contributed by atoms with E-state index >= 15 is 0 Å². The lowest BCUT2D eigenvalue weighted by Crippen LogP contribution is -2.09. The number of ether oxygens (including phenoxy) is 1. The van der Waals surface area contributed by atoms with Crippen LogP contribution in [0.1, 0.15) is 49.8 Å². The minimum atomic E-state index is -0.293. The standard InChI is InChI=1S/C14H20O2/c1-2-3-9-16-12-8-7-11-5-4-6-14(15)13(11)10-12/h7-8,10,14-15H,2-6,9H2,1H3. The molecule has 0 radical (unpaired) electrons. The third kappa shape index (κ3) is 2.56. The number of aryl methyl sites for hydroxylation is 1. The monoisotopic (exact) mass is 220 g/mol. The van der Waals surface area contributed by atoms with Crippen molar-refractivity contribution < 1.29 is 9.84 Å². The van der Waals surface area contributed by atoms with Crippen LogP contribution in [-0.2, 0) is 6.42 Å². The molecule has 0 bridgehead atoms. The number of benzene rings is 1. The molecule has 2 heteroatoms. The fourth-order valence-electron chi connectivity index (χ4n) is 2.18. The van der Waals surface area contributed by atoms with Crippen molar-refractivity contribution in [3.8, 4) is 5.75 Å². The van der Waals surface area contributed by atoms with Gasteiger partial charge in [-0.15, -0.1) is 0 Å². The fraction of sp³-hybridized carbons (Fsp3) is 0.571. The number of rotatable bonds is 4. The molecular weight excluding hydrogens is 200 g/mol. The van der Waals surface area contributed by atoms with Gasteiger partial charge >= 0.3 is 0 Å². The van der Waals surface area contributed by atoms with Crippen LogP contribution in [-0.4, -0.2) is 11.7 Å². The second-order valence-corrected chi connectivity index (χ2v) is 4.47. The number of aliphatic hydroxyl groups is 1. The summed E-state index contributed by atoms with van der Waals surface area (Å²) in [7, 11) is 0. The Morgan fingerprint density at radius 1 is 1.44 bits per heavy atom. The summed E-state index contributed by atoms with van der Waals surface area (Å²) in [6.45, 7) is 2.92. The van der Waals surface area contributed by atoms with Crippen molar-refractivity contribution in [1.29, 1.82) is 0 Å². The highest BCUT2D eigenvalue weighted by atomic mass is 16.5. The molecule has 0 saturated heterocycles. The van der Waals surface area contributed by atoms with Gasteiger partial charge in [0.05, 0.1) is 12.7 Å². The van der Waals surface area contributed by atoms with E-state index in [0.717, 1.165) is 50.0 Å². The van der Waals surface area contributed by atoms with Gasteiger partial charge in [-0.25, -0.2) is 0 Å². The molecule has 2 nitrogen and oxygen atoms in total. The van der Waals surface area contributed by atoms with E-state index in [1.807, 2.05) is 12.1 Å². The molecule has 1 aliphatic carbocycles. The van der Waals surface area contributed by atoms with Gasteiger partial charge in [-0.2, -0.15) is 0 Å². The van der Waals surface area contributed by atoms with Crippen LogP contribution in [0.15, 0.2) is 18.2 Å². The Kier molecular flexibility index (Phi) is 3.83. The molecule has 0 aromatic heterocycles. The first kappa shape index (κ1) is 11.5. The van der Waals surface area contributed by atoms with Crippen molar-refractivity contribution in [2.24, 2.45) is 0 Å². The Hall–Kier alpha value is -1.02. The van der Waals surface area contributed by atoms with E-state index in [0.29, 0.717) is 0 Å². The highest BCUT2D eigenvalue weighted by molar-refractivity contribution is 5.38. The number of aliphatic hydroxyl groups excluding tert-OH is 1. The number of hydrogen-bond donors (Lipinski definition) is 1. The zero-order valence-electron chi connectivity index (χ0n) is 9.91. The van der Waals surface area contributed by atoms with Gasteiger partial charge in [0.25, 0.3) is 0 Å². The third-order valence-electron chi connectivity index (χ3n) is 3.17. The van der Waals surface area contributed by atoms with Gasteiger partial charge < -0.3 is 9.84 Å². The fourth-order valence-corrected chi connectivity index (χ4v) is 2.18. The molecule has 1 unspecified atom stereocenters. The third-order valence-corrected chi connectivity index (χ3v) is 3.17. The molecule has 0 amide bonds. The maximum Gasteiger partial charge on any atom is 0.119 e. The smallest absolute Gasteiger partial charge is 0.119 e. The van der Waals surface area contributed by atoms with E-state index in [-0.39, 0.29) is 6.10 Å². The van der Waals surface area contributed by atoms with E-state index < -0.39 is 0 Å². The minimum absolute atomic E-state index is 0.293. The summed E-state index contributed by atoms with van der Waals surface area (Å²) >= 11 is 0. The van der Waals surface area contributed by atoms with Crippen LogP contribution < -0.4 is 4.74 Å². The average molecular weight is 220 g/mol. The molecule has 16 heavy (non-hydrogen) atoms. The summed E-state index contributed by atoms with van der Waals surface area (Å²) in [5.41, 5.74) is 2.35. The summed E-state index contributed by atoms with van der Waals surface area (Å²) < 4.78 is 5.65. The Morgan fingerprint density at radius 3 is 3.12 bits per heavy atom. The normalized spacial score (nSPS) is 19.2. The zero-order valence-corrected chi connectivity index (χ0v) is 9.91. The molecule has 1 aliphatic rings. The first-order valence-electron chi connectivity index (χ1n) is 6.25. The van der Waals surface area contributed by atoms with Gasteiger partial charge in [0.15, 0.2) is 0 Å². The van der Waals surface area contributed by atoms with Crippen LogP contribution >= 0.6 is 0 Å². The highest BCUT2D eigenvalue weighted by Crippen LogP contribution is 2.32. The van der Waals surface area contributed by atoms with Crippen molar-refractivity contribution in [2.45, 2.75) is 45.1 Å². The number of fused-ring (bicyclic) bond motifs is 1. The van der Waals surface area contributed by atoms with Gasteiger partial charge in [-0.05, 0) is 48.9 Å². The summed E-state index contributed by atoms with van der Waals surface area (Å²) in [5, 5.41) is 9.90. The van der Waals surface area contributed by atoms with Gasteiger partial charge in [0.1, 0.15) is 5.75 Å². The lowest BCUT2D eigenvalue weighted by molar-refractivity contribution is 0.156. The number of unbranched alkanes of at least 4 members (excludes halogenated alkanes) is 1. The first-order valence-corrected chi connectivity index (χ1v) is 6.25. The molecule has 0 fully saturated rings. The van der Waals surface area contributed by atoms with Crippen LogP contribution in [0.2, 0.25) is 0 Å². The molecule has 0 heterocycles. The summed E-state index contributed by atoms with van der Waals surface area (Å²) in [5.74, 6) is 0.896. The summed E-state index contributed by atoms with van der Waals surface area (Å²) in [6, 6.07) is 6.13. The molecule has 2 rings (SSSR count). The van der Waals surface area contributed by atoms with Crippen LogP contribution in [0.3, 0.4) is 0 Å². The predicted octanol–water partition coefficient (Wildman–Crippen LogP) is 3.24. The molecule has 1 aromatic rings. The summed E-state index contributed by atoms with van der Waals surface area (Å²) in [4.78, 5) is 0. The van der Waals surface area contributed by atoms with E-state index in [4.69, 9.17) is 4.74 Å². The van der Waals surface area contributed by atoms with Crippen LogP contribution in [0.5, 0.6) is 5.75 Å². The Labute approximate surface area is 97.3 Å². The van der Waals surface area contributed by atoms with E-state index in [2.05, 4.69) is 13.0 Å². The number of hydrogen-bond acceptors (Lipinski definition) is 2. The van der Waals surface area contributed by atoms with E-state index in [1.165, 1.54) is 5.56 Å². The first-order chi connectivity index (χ1) is 7.81. The van der Waals surface area contributed by atoms with Crippen molar-refractivity contribution in [1.82, 2.24) is 0 Å². The second-order valence-electron chi connectivity index (χ2n) is 4.47. The Balaban J connectivity index is 2.08. The minimum Gasteiger partial charge on any atom is -0.494 e. The SMILES string of the molecule is CCCCOc1ccc2c(c1)C(O)CCC2. The Morgan fingerprint density at radius 2 is 2.31 bits per heavy atom. The van der Waals surface area contributed by atoms with Gasteiger partial charge in [-0.1, -0.05) is 19.4 Å². The zero-order chi connectivity index (χ0) is 11.4. The quantitative estimate of drug-likeness (QED) is 0.789.